The molecule has 0 fully saturated rings. The third-order valence-corrected chi connectivity index (χ3v) is 5.99. The van der Waals surface area contributed by atoms with Crippen molar-refractivity contribution in [2.45, 2.75) is 13.0 Å². The Bertz CT molecular complexity index is 1490. The minimum Gasteiger partial charge on any atom is -0.465 e. The number of amides is 1. The number of benzene rings is 3. The zero-order chi connectivity index (χ0) is 23.3. The summed E-state index contributed by atoms with van der Waals surface area (Å²) in [5.74, 6) is -0.913. The first-order valence-electron chi connectivity index (χ1n) is 10.2. The van der Waals surface area contributed by atoms with Gasteiger partial charge in [0.2, 0.25) is 5.76 Å². The van der Waals surface area contributed by atoms with Crippen molar-refractivity contribution < 1.29 is 18.7 Å². The van der Waals surface area contributed by atoms with Crippen molar-refractivity contribution in [1.29, 1.82) is 0 Å². The molecule has 5 rings (SSSR count). The highest BCUT2D eigenvalue weighted by Crippen LogP contribution is 2.41. The summed E-state index contributed by atoms with van der Waals surface area (Å²) in [5.41, 5.74) is 2.78. The maximum absolute atomic E-state index is 13.6. The molecule has 164 valence electrons. The molecule has 0 radical (unpaired) electrons. The summed E-state index contributed by atoms with van der Waals surface area (Å²) in [6, 6.07) is 18.0. The molecule has 1 aliphatic heterocycles. The van der Waals surface area contributed by atoms with Crippen LogP contribution >= 0.6 is 11.6 Å². The van der Waals surface area contributed by atoms with E-state index >= 15 is 0 Å². The van der Waals surface area contributed by atoms with Crippen LogP contribution in [0.3, 0.4) is 0 Å². The van der Waals surface area contributed by atoms with Gasteiger partial charge in [0.25, 0.3) is 5.91 Å². The molecule has 3 aromatic carbocycles. The van der Waals surface area contributed by atoms with Crippen molar-refractivity contribution >= 4 is 40.1 Å². The standard InChI is InChI=1S/C26H18ClNO5/c1-14-6-11-20-19(12-14)23(29)21-22(15-7-9-16(10-8-15)26(31)32-2)28(25(30)24(21)33-20)18-5-3-4-17(27)13-18/h3-13,22H,1-2H3. The van der Waals surface area contributed by atoms with Gasteiger partial charge in [-0.25, -0.2) is 4.79 Å². The highest BCUT2D eigenvalue weighted by Gasteiger charge is 2.43. The maximum Gasteiger partial charge on any atom is 0.337 e. The number of carbonyl (C=O) groups is 2. The molecule has 0 bridgehead atoms. The van der Waals surface area contributed by atoms with Crippen LogP contribution in [0.4, 0.5) is 5.69 Å². The van der Waals surface area contributed by atoms with Gasteiger partial charge in [-0.1, -0.05) is 41.4 Å². The fourth-order valence-electron chi connectivity index (χ4n) is 4.21. The van der Waals surface area contributed by atoms with E-state index in [-0.39, 0.29) is 16.8 Å². The minimum atomic E-state index is -0.751. The predicted molar refractivity (Wildman–Crippen MR) is 125 cm³/mol. The molecule has 2 heterocycles. The van der Waals surface area contributed by atoms with Gasteiger partial charge >= 0.3 is 5.97 Å². The van der Waals surface area contributed by atoms with Gasteiger partial charge in [0.1, 0.15) is 5.58 Å². The molecule has 0 spiro atoms. The van der Waals surface area contributed by atoms with Crippen LogP contribution in [-0.4, -0.2) is 19.0 Å². The van der Waals surface area contributed by atoms with Crippen LogP contribution < -0.4 is 10.3 Å². The highest BCUT2D eigenvalue weighted by atomic mass is 35.5. The molecule has 1 atom stereocenters. The quantitative estimate of drug-likeness (QED) is 0.389. The summed E-state index contributed by atoms with van der Waals surface area (Å²) in [4.78, 5) is 40.6. The molecule has 0 saturated carbocycles. The number of esters is 1. The predicted octanol–water partition coefficient (Wildman–Crippen LogP) is 5.29. The summed E-state index contributed by atoms with van der Waals surface area (Å²) in [5, 5.41) is 0.863. The molecule has 7 heteroatoms. The second-order valence-corrected chi connectivity index (χ2v) is 8.28. The summed E-state index contributed by atoms with van der Waals surface area (Å²) >= 11 is 6.21. The summed E-state index contributed by atoms with van der Waals surface area (Å²) < 4.78 is 10.7. The van der Waals surface area contributed by atoms with Crippen LogP contribution in [0, 0.1) is 6.92 Å². The SMILES string of the molecule is COC(=O)c1ccc(C2c3c(oc4ccc(C)cc4c3=O)C(=O)N2c2cccc(Cl)c2)cc1. The van der Waals surface area contributed by atoms with Crippen molar-refractivity contribution in [3.8, 4) is 0 Å². The molecule has 0 aliphatic carbocycles. The van der Waals surface area contributed by atoms with Gasteiger partial charge in [-0.15, -0.1) is 0 Å². The zero-order valence-electron chi connectivity index (χ0n) is 17.8. The first kappa shape index (κ1) is 21.0. The van der Waals surface area contributed by atoms with Crippen molar-refractivity contribution in [3.63, 3.8) is 0 Å². The van der Waals surface area contributed by atoms with E-state index in [1.165, 1.54) is 12.0 Å². The molecule has 1 aliphatic rings. The Morgan fingerprint density at radius 3 is 2.48 bits per heavy atom. The highest BCUT2D eigenvalue weighted by molar-refractivity contribution is 6.31. The maximum atomic E-state index is 13.6. The first-order valence-corrected chi connectivity index (χ1v) is 10.6. The average molecular weight is 460 g/mol. The second kappa shape index (κ2) is 7.90. The Kier molecular flexibility index (Phi) is 5.02. The van der Waals surface area contributed by atoms with E-state index in [9.17, 15) is 14.4 Å². The van der Waals surface area contributed by atoms with Crippen molar-refractivity contribution in [2.24, 2.45) is 0 Å². The van der Waals surface area contributed by atoms with Gasteiger partial charge in [0.05, 0.1) is 29.7 Å². The lowest BCUT2D eigenvalue weighted by molar-refractivity contribution is 0.0600. The van der Waals surface area contributed by atoms with Crippen LogP contribution in [0.2, 0.25) is 5.02 Å². The molecule has 0 saturated heterocycles. The lowest BCUT2D eigenvalue weighted by Gasteiger charge is -2.25. The zero-order valence-corrected chi connectivity index (χ0v) is 18.6. The third-order valence-electron chi connectivity index (χ3n) is 5.76. The number of carbonyl (C=O) groups excluding carboxylic acids is 2. The molecule has 4 aromatic rings. The first-order chi connectivity index (χ1) is 15.9. The number of methoxy groups -OCH3 is 1. The topological polar surface area (TPSA) is 76.8 Å². The van der Waals surface area contributed by atoms with Crippen molar-refractivity contribution in [1.82, 2.24) is 0 Å². The normalized spacial score (nSPS) is 15.1. The monoisotopic (exact) mass is 459 g/mol. The second-order valence-electron chi connectivity index (χ2n) is 7.84. The van der Waals surface area contributed by atoms with Gasteiger partial charge in [-0.05, 0) is 55.0 Å². The Balaban J connectivity index is 1.77. The molecule has 6 nitrogen and oxygen atoms in total. The summed E-state index contributed by atoms with van der Waals surface area (Å²) in [6.07, 6.45) is 0. The van der Waals surface area contributed by atoms with E-state index in [1.54, 1.807) is 60.7 Å². The molecule has 1 aromatic heterocycles. The summed E-state index contributed by atoms with van der Waals surface area (Å²) in [6.45, 7) is 1.89. The van der Waals surface area contributed by atoms with Crippen LogP contribution in [0.5, 0.6) is 0 Å². The number of halogens is 1. The summed E-state index contributed by atoms with van der Waals surface area (Å²) in [7, 11) is 1.31. The van der Waals surface area contributed by atoms with Gasteiger partial charge in [0.15, 0.2) is 5.43 Å². The number of rotatable bonds is 3. The smallest absolute Gasteiger partial charge is 0.337 e. The Labute approximate surface area is 194 Å². The Morgan fingerprint density at radius 1 is 1.03 bits per heavy atom. The van der Waals surface area contributed by atoms with E-state index in [0.29, 0.717) is 32.8 Å². The minimum absolute atomic E-state index is 0.00151. The number of ether oxygens (including phenoxy) is 1. The number of hydrogen-bond donors (Lipinski definition) is 0. The van der Waals surface area contributed by atoms with E-state index in [2.05, 4.69) is 0 Å². The van der Waals surface area contributed by atoms with Crippen LogP contribution in [0.1, 0.15) is 43.6 Å². The Morgan fingerprint density at radius 2 is 1.79 bits per heavy atom. The lowest BCUT2D eigenvalue weighted by atomic mass is 9.97. The van der Waals surface area contributed by atoms with E-state index in [0.717, 1.165) is 5.56 Å². The third kappa shape index (κ3) is 3.39. The van der Waals surface area contributed by atoms with Crippen LogP contribution in [0.15, 0.2) is 75.9 Å². The van der Waals surface area contributed by atoms with E-state index < -0.39 is 17.9 Å². The average Bonchev–Trinajstić information content (AvgIpc) is 3.11. The van der Waals surface area contributed by atoms with Crippen molar-refractivity contribution in [3.05, 3.63) is 110 Å². The number of anilines is 1. The fourth-order valence-corrected chi connectivity index (χ4v) is 4.40. The number of nitrogens with zero attached hydrogens (tertiary/aromatic N) is 1. The van der Waals surface area contributed by atoms with Gasteiger partial charge in [-0.3, -0.25) is 14.5 Å². The van der Waals surface area contributed by atoms with Crippen molar-refractivity contribution in [2.75, 3.05) is 12.0 Å². The number of fused-ring (bicyclic) bond motifs is 2. The molecule has 1 amide bonds. The van der Waals surface area contributed by atoms with Crippen LogP contribution in [-0.2, 0) is 4.74 Å². The molecule has 1 unspecified atom stereocenters. The number of hydrogen-bond acceptors (Lipinski definition) is 5. The molecule has 33 heavy (non-hydrogen) atoms. The lowest BCUT2D eigenvalue weighted by Crippen LogP contribution is -2.29. The van der Waals surface area contributed by atoms with E-state index in [4.69, 9.17) is 20.8 Å². The van der Waals surface area contributed by atoms with Gasteiger partial charge < -0.3 is 9.15 Å². The Hall–Kier alpha value is -3.90. The van der Waals surface area contributed by atoms with Crippen LogP contribution in [0.25, 0.3) is 11.0 Å². The molecular weight excluding hydrogens is 442 g/mol. The fraction of sp³-hybridized carbons (Fsp3) is 0.115. The van der Waals surface area contributed by atoms with Gasteiger partial charge in [-0.2, -0.15) is 0 Å². The largest absolute Gasteiger partial charge is 0.465 e. The van der Waals surface area contributed by atoms with E-state index in [1.807, 2.05) is 13.0 Å². The number of aryl methyl sites for hydroxylation is 1. The van der Waals surface area contributed by atoms with Gasteiger partial charge in [0, 0.05) is 10.7 Å². The molecule has 0 N–H and O–H groups in total. The molecular formula is C26H18ClNO5.